The lowest BCUT2D eigenvalue weighted by atomic mass is 10.1. The average molecular weight is 378 g/mol. The van der Waals surface area contributed by atoms with E-state index in [9.17, 15) is 4.79 Å². The van der Waals surface area contributed by atoms with Crippen molar-refractivity contribution in [1.82, 2.24) is 14.5 Å². The number of nitrogens with zero attached hydrogens (tertiary/aromatic N) is 3. The molecule has 3 aromatic rings. The summed E-state index contributed by atoms with van der Waals surface area (Å²) < 4.78 is 2.11. The van der Waals surface area contributed by atoms with Crippen LogP contribution in [0.15, 0.2) is 48.5 Å². The summed E-state index contributed by atoms with van der Waals surface area (Å²) in [4.78, 5) is 19.9. The van der Waals surface area contributed by atoms with Gasteiger partial charge < -0.3 is 9.47 Å². The van der Waals surface area contributed by atoms with Crippen molar-refractivity contribution >= 4 is 16.9 Å². The summed E-state index contributed by atoms with van der Waals surface area (Å²) in [5.41, 5.74) is 4.55. The van der Waals surface area contributed by atoms with Crippen molar-refractivity contribution in [2.75, 3.05) is 13.1 Å². The van der Waals surface area contributed by atoms with E-state index in [1.165, 1.54) is 11.1 Å². The number of aromatic nitrogens is 2. The minimum atomic E-state index is 0.176. The van der Waals surface area contributed by atoms with E-state index in [2.05, 4.69) is 55.7 Å². The van der Waals surface area contributed by atoms with Gasteiger partial charge in [-0.1, -0.05) is 57.2 Å². The molecule has 4 heteroatoms. The summed E-state index contributed by atoms with van der Waals surface area (Å²) in [5.74, 6) is 1.13. The zero-order valence-corrected chi connectivity index (χ0v) is 17.3. The molecule has 0 aliphatic heterocycles. The molecule has 0 bridgehead atoms. The fourth-order valence-corrected chi connectivity index (χ4v) is 3.72. The Bertz CT molecular complexity index is 922. The van der Waals surface area contributed by atoms with Crippen molar-refractivity contribution in [2.24, 2.45) is 0 Å². The topological polar surface area (TPSA) is 38.1 Å². The summed E-state index contributed by atoms with van der Waals surface area (Å²) in [6.07, 6.45) is 3.71. The van der Waals surface area contributed by atoms with Crippen LogP contribution in [-0.2, 0) is 24.2 Å². The molecule has 148 valence electrons. The highest BCUT2D eigenvalue weighted by molar-refractivity contribution is 5.81. The third kappa shape index (κ3) is 4.61. The van der Waals surface area contributed by atoms with Gasteiger partial charge in [-0.3, -0.25) is 4.79 Å². The largest absolute Gasteiger partial charge is 0.341 e. The fourth-order valence-electron chi connectivity index (χ4n) is 3.72. The van der Waals surface area contributed by atoms with E-state index in [-0.39, 0.29) is 5.91 Å². The molecule has 1 aromatic heterocycles. The lowest BCUT2D eigenvalue weighted by molar-refractivity contribution is -0.131. The zero-order chi connectivity index (χ0) is 19.9. The van der Waals surface area contributed by atoms with Crippen molar-refractivity contribution in [1.29, 1.82) is 0 Å². The zero-order valence-electron chi connectivity index (χ0n) is 17.3. The molecule has 0 saturated heterocycles. The van der Waals surface area contributed by atoms with Gasteiger partial charge in [-0.2, -0.15) is 0 Å². The molecule has 1 amide bonds. The number of hydrogen-bond donors (Lipinski definition) is 0. The first kappa shape index (κ1) is 20.1. The van der Waals surface area contributed by atoms with Gasteiger partial charge >= 0.3 is 0 Å². The van der Waals surface area contributed by atoms with Crippen LogP contribution in [0.4, 0.5) is 0 Å². The van der Waals surface area contributed by atoms with Crippen LogP contribution in [0.2, 0.25) is 0 Å². The second-order valence-corrected chi connectivity index (χ2v) is 7.33. The van der Waals surface area contributed by atoms with Crippen LogP contribution in [0.25, 0.3) is 11.0 Å². The minimum Gasteiger partial charge on any atom is -0.341 e. The van der Waals surface area contributed by atoms with E-state index in [1.807, 2.05) is 23.1 Å². The number of imidazole rings is 1. The standard InChI is InChI=1S/C24H31N3O/c1-4-14-26(15-5-2)24(28)18-27-22-13-8-7-12-21(22)25-23(27)17-20-11-9-10-19(6-3)16-20/h7-13,16H,4-6,14-15,17-18H2,1-3H3. The van der Waals surface area contributed by atoms with Gasteiger partial charge in [0.05, 0.1) is 11.0 Å². The second kappa shape index (κ2) is 9.54. The van der Waals surface area contributed by atoms with Gasteiger partial charge in [0.2, 0.25) is 5.91 Å². The highest BCUT2D eigenvalue weighted by atomic mass is 16.2. The Morgan fingerprint density at radius 2 is 1.68 bits per heavy atom. The Kier molecular flexibility index (Phi) is 6.85. The third-order valence-corrected chi connectivity index (χ3v) is 5.13. The Balaban J connectivity index is 1.93. The summed E-state index contributed by atoms with van der Waals surface area (Å²) in [6, 6.07) is 16.8. The number of rotatable bonds is 9. The molecular formula is C24H31N3O. The number of hydrogen-bond acceptors (Lipinski definition) is 2. The van der Waals surface area contributed by atoms with Gasteiger partial charge in [0, 0.05) is 19.5 Å². The predicted molar refractivity (Wildman–Crippen MR) is 116 cm³/mol. The molecule has 0 spiro atoms. The second-order valence-electron chi connectivity index (χ2n) is 7.33. The van der Waals surface area contributed by atoms with Crippen LogP contribution in [0.3, 0.4) is 0 Å². The average Bonchev–Trinajstić information content (AvgIpc) is 3.05. The van der Waals surface area contributed by atoms with E-state index in [0.717, 1.165) is 55.6 Å². The first-order valence-electron chi connectivity index (χ1n) is 10.5. The molecule has 0 unspecified atom stereocenters. The highest BCUT2D eigenvalue weighted by Gasteiger charge is 2.17. The number of fused-ring (bicyclic) bond motifs is 1. The summed E-state index contributed by atoms with van der Waals surface area (Å²) in [7, 11) is 0. The molecular weight excluding hydrogens is 346 g/mol. The smallest absolute Gasteiger partial charge is 0.242 e. The molecule has 0 aliphatic carbocycles. The minimum absolute atomic E-state index is 0.176. The first-order chi connectivity index (χ1) is 13.7. The Labute approximate surface area is 168 Å². The van der Waals surface area contributed by atoms with Gasteiger partial charge in [-0.25, -0.2) is 4.98 Å². The van der Waals surface area contributed by atoms with Gasteiger partial charge in [0.25, 0.3) is 0 Å². The lowest BCUT2D eigenvalue weighted by Gasteiger charge is -2.22. The van der Waals surface area contributed by atoms with Crippen LogP contribution in [0, 0.1) is 0 Å². The summed E-state index contributed by atoms with van der Waals surface area (Å²) in [5, 5.41) is 0. The van der Waals surface area contributed by atoms with Crippen LogP contribution in [0.5, 0.6) is 0 Å². The van der Waals surface area contributed by atoms with E-state index >= 15 is 0 Å². The van der Waals surface area contributed by atoms with Gasteiger partial charge in [0.1, 0.15) is 12.4 Å². The summed E-state index contributed by atoms with van der Waals surface area (Å²) in [6.45, 7) is 8.39. The SMILES string of the molecule is CCCN(CCC)C(=O)Cn1c(Cc2cccc(CC)c2)nc2ccccc21. The van der Waals surface area contributed by atoms with Crippen molar-refractivity contribution in [3.8, 4) is 0 Å². The van der Waals surface area contributed by atoms with Crippen molar-refractivity contribution in [3.05, 3.63) is 65.5 Å². The van der Waals surface area contributed by atoms with Gasteiger partial charge in [-0.05, 0) is 42.5 Å². The van der Waals surface area contributed by atoms with E-state index in [4.69, 9.17) is 4.98 Å². The van der Waals surface area contributed by atoms with Crippen molar-refractivity contribution in [2.45, 2.75) is 53.0 Å². The maximum absolute atomic E-state index is 13.0. The predicted octanol–water partition coefficient (Wildman–Crippen LogP) is 4.84. The molecule has 1 heterocycles. The normalized spacial score (nSPS) is 11.1. The molecule has 0 N–H and O–H groups in total. The number of para-hydroxylation sites is 2. The van der Waals surface area contributed by atoms with Crippen molar-refractivity contribution < 1.29 is 4.79 Å². The number of carbonyl (C=O) groups excluding carboxylic acids is 1. The monoisotopic (exact) mass is 377 g/mol. The molecule has 0 aliphatic rings. The number of aryl methyl sites for hydroxylation is 1. The molecule has 0 fully saturated rings. The van der Waals surface area contributed by atoms with Crippen LogP contribution < -0.4 is 0 Å². The first-order valence-corrected chi connectivity index (χ1v) is 10.5. The number of carbonyl (C=O) groups is 1. The molecule has 2 aromatic carbocycles. The molecule has 28 heavy (non-hydrogen) atoms. The molecule has 3 rings (SSSR count). The number of benzene rings is 2. The molecule has 0 saturated carbocycles. The molecule has 4 nitrogen and oxygen atoms in total. The number of amides is 1. The molecule has 0 radical (unpaired) electrons. The highest BCUT2D eigenvalue weighted by Crippen LogP contribution is 2.20. The van der Waals surface area contributed by atoms with Crippen molar-refractivity contribution in [3.63, 3.8) is 0 Å². The van der Waals surface area contributed by atoms with E-state index in [0.29, 0.717) is 6.54 Å². The van der Waals surface area contributed by atoms with Gasteiger partial charge in [0.15, 0.2) is 0 Å². The Morgan fingerprint density at radius 3 is 2.39 bits per heavy atom. The van der Waals surface area contributed by atoms with Crippen LogP contribution in [-0.4, -0.2) is 33.4 Å². The fraction of sp³-hybridized carbons (Fsp3) is 0.417. The lowest BCUT2D eigenvalue weighted by Crippen LogP contribution is -2.35. The maximum Gasteiger partial charge on any atom is 0.242 e. The third-order valence-electron chi connectivity index (χ3n) is 5.13. The van der Waals surface area contributed by atoms with E-state index < -0.39 is 0 Å². The molecule has 0 atom stereocenters. The summed E-state index contributed by atoms with van der Waals surface area (Å²) >= 11 is 0. The Morgan fingerprint density at radius 1 is 0.964 bits per heavy atom. The quantitative estimate of drug-likeness (QED) is 0.535. The van der Waals surface area contributed by atoms with Crippen LogP contribution >= 0.6 is 0 Å². The maximum atomic E-state index is 13.0. The Hall–Kier alpha value is -2.62. The van der Waals surface area contributed by atoms with Crippen LogP contribution in [0.1, 0.15) is 50.6 Å². The van der Waals surface area contributed by atoms with Gasteiger partial charge in [-0.15, -0.1) is 0 Å². The van der Waals surface area contributed by atoms with E-state index in [1.54, 1.807) is 0 Å².